The molecule has 0 spiro atoms. The van der Waals surface area contributed by atoms with E-state index in [1.165, 1.54) is 21.1 Å². The number of nitrogens with zero attached hydrogens (tertiary/aromatic N) is 4. The number of hydrogen-bond donors (Lipinski definition) is 0. The topological polar surface area (TPSA) is 56.7 Å². The minimum atomic E-state index is -2.09. The molecule has 0 N–H and O–H groups in total. The molecule has 0 saturated carbocycles. The molecule has 0 aliphatic heterocycles. The fourth-order valence-electron chi connectivity index (χ4n) is 7.59. The van der Waals surface area contributed by atoms with Gasteiger partial charge in [0.25, 0.3) is 0 Å². The molecule has 5 aromatic carbocycles. The number of aryl methyl sites for hydroxylation is 1. The molecule has 299 valence electrons. The number of para-hydroxylation sites is 1. The third-order valence-electron chi connectivity index (χ3n) is 10.5. The smallest absolute Gasteiger partial charge is 0 e. The monoisotopic (exact) mass is 1020 g/mol. The Labute approximate surface area is 368 Å². The van der Waals surface area contributed by atoms with Gasteiger partial charge < -0.3 is 8.98 Å². The second kappa shape index (κ2) is 16.8. The Morgan fingerprint density at radius 1 is 0.797 bits per heavy atom. The molecule has 59 heavy (non-hydrogen) atoms. The second-order valence-electron chi connectivity index (χ2n) is 17.2. The van der Waals surface area contributed by atoms with Crippen molar-refractivity contribution in [2.24, 2.45) is 0 Å². The summed E-state index contributed by atoms with van der Waals surface area (Å²) in [4.78, 5) is 14.6. The van der Waals surface area contributed by atoms with E-state index in [2.05, 4.69) is 140 Å². The molecule has 0 unspecified atom stereocenters. The number of furan rings is 1. The zero-order chi connectivity index (χ0) is 43.3. The van der Waals surface area contributed by atoms with Gasteiger partial charge in [-0.1, -0.05) is 92.4 Å². The van der Waals surface area contributed by atoms with E-state index in [4.69, 9.17) is 18.5 Å². The Bertz CT molecular complexity index is 3000. The molecule has 0 fully saturated rings. The van der Waals surface area contributed by atoms with Crippen LogP contribution in [0.5, 0.6) is 0 Å². The minimum Gasteiger partial charge on any atom is 0 e. The zero-order valence-electron chi connectivity index (χ0n) is 37.8. The summed E-state index contributed by atoms with van der Waals surface area (Å²) in [5, 5.41) is 2.14. The molecule has 0 aliphatic rings. The number of benzene rings is 5. The maximum Gasteiger partial charge on any atom is 0 e. The van der Waals surface area contributed by atoms with Crippen LogP contribution in [0.25, 0.3) is 72.4 Å². The SMILES string of the molecule is CC(C)(C)c1nccc2nc(-c3[c-]ccc4c3oc3ccccc34)n(-c3ccc(-c4ccccc4)cc3)c12.[2H]C([2H])([2H])c1c[c-]c(-c2cc(C(C)C)[c]([Ge]([CH3])([CH3])[CH3])cn2)cc1.[Ir]. The second-order valence-corrected chi connectivity index (χ2v) is 27.8. The van der Waals surface area contributed by atoms with Gasteiger partial charge >= 0.3 is 130 Å². The summed E-state index contributed by atoms with van der Waals surface area (Å²) < 4.78 is 32.4. The Hall–Kier alpha value is -5.14. The molecular weight excluding hydrogens is 961 g/mol. The van der Waals surface area contributed by atoms with Crippen molar-refractivity contribution in [1.29, 1.82) is 0 Å². The van der Waals surface area contributed by atoms with E-state index in [-0.39, 0.29) is 25.5 Å². The van der Waals surface area contributed by atoms with E-state index in [0.29, 0.717) is 11.5 Å². The summed E-state index contributed by atoms with van der Waals surface area (Å²) in [6.07, 6.45) is 3.88. The largest absolute Gasteiger partial charge is 0 e. The Kier molecular flexibility index (Phi) is 10.9. The molecule has 1 radical (unpaired) electrons. The van der Waals surface area contributed by atoms with Gasteiger partial charge in [-0.3, -0.25) is 9.97 Å². The molecule has 0 amide bonds. The summed E-state index contributed by atoms with van der Waals surface area (Å²) in [6, 6.07) is 46.9. The summed E-state index contributed by atoms with van der Waals surface area (Å²) >= 11 is -1.97. The number of rotatable bonds is 6. The number of imidazole rings is 1. The van der Waals surface area contributed by atoms with Crippen molar-refractivity contribution in [3.05, 3.63) is 163 Å². The third kappa shape index (κ3) is 8.50. The van der Waals surface area contributed by atoms with Crippen molar-refractivity contribution in [1.82, 2.24) is 19.5 Å². The zero-order valence-corrected chi connectivity index (χ0v) is 39.3. The van der Waals surface area contributed by atoms with Crippen molar-refractivity contribution < 1.29 is 28.6 Å². The molecule has 9 rings (SSSR count). The standard InChI is InChI=1S/C34H26N3O.C18H24GeN.Ir/c1-34(2,3)32-30-28(20-21-35-32)36-33(27-14-9-13-26-25-12-7-8-15-29(25)38-31(26)27)37(30)24-18-16-23(17-19-24)22-10-5-4-6-11-22;1-13(2)16-11-18(15-9-7-14(3)8-10-15)20-12-17(16)19(4,5)6;/h4-13,15-21H,1-3H3;7-9,11-13H,1-6H3;/q2*-1;/i;3D3;. The molecule has 5 nitrogen and oxygen atoms in total. The van der Waals surface area contributed by atoms with Crippen molar-refractivity contribution in [2.45, 2.75) is 70.1 Å². The molecule has 4 heterocycles. The van der Waals surface area contributed by atoms with Crippen LogP contribution >= 0.6 is 0 Å². The molecule has 0 atom stereocenters. The predicted molar refractivity (Wildman–Crippen MR) is 245 cm³/mol. The van der Waals surface area contributed by atoms with Gasteiger partial charge in [-0.15, -0.1) is 18.2 Å². The van der Waals surface area contributed by atoms with Gasteiger partial charge in [-0.05, 0) is 35.4 Å². The van der Waals surface area contributed by atoms with Gasteiger partial charge in [0.1, 0.15) is 5.58 Å². The quantitative estimate of drug-likeness (QED) is 0.123. The van der Waals surface area contributed by atoms with Crippen LogP contribution in [0, 0.1) is 19.0 Å². The van der Waals surface area contributed by atoms with E-state index in [1.54, 1.807) is 18.2 Å². The molecule has 0 aliphatic carbocycles. The van der Waals surface area contributed by atoms with E-state index >= 15 is 0 Å². The van der Waals surface area contributed by atoms with Crippen LogP contribution in [-0.2, 0) is 25.5 Å². The van der Waals surface area contributed by atoms with Gasteiger partial charge in [0, 0.05) is 42.8 Å². The van der Waals surface area contributed by atoms with Crippen LogP contribution in [0.1, 0.15) is 61.5 Å². The predicted octanol–water partition coefficient (Wildman–Crippen LogP) is 13.3. The average Bonchev–Trinajstić information content (AvgIpc) is 3.82. The maximum atomic E-state index is 7.44. The Morgan fingerprint density at radius 3 is 2.20 bits per heavy atom. The average molecular weight is 1010 g/mol. The number of hydrogen-bond acceptors (Lipinski definition) is 4. The maximum absolute atomic E-state index is 7.44. The summed E-state index contributed by atoms with van der Waals surface area (Å²) in [5.41, 5.74) is 11.9. The van der Waals surface area contributed by atoms with Crippen LogP contribution in [0.4, 0.5) is 0 Å². The summed E-state index contributed by atoms with van der Waals surface area (Å²) in [7, 11) is 0. The van der Waals surface area contributed by atoms with E-state index in [1.807, 2.05) is 48.8 Å². The van der Waals surface area contributed by atoms with Gasteiger partial charge in [-0.25, -0.2) is 0 Å². The van der Waals surface area contributed by atoms with Crippen molar-refractivity contribution in [3.8, 4) is 39.5 Å². The first-order valence-corrected chi connectivity index (χ1v) is 27.2. The van der Waals surface area contributed by atoms with Crippen LogP contribution < -0.4 is 4.40 Å². The van der Waals surface area contributed by atoms with Crippen LogP contribution in [0.2, 0.25) is 17.3 Å². The van der Waals surface area contributed by atoms with Crippen LogP contribution in [0.15, 0.2) is 138 Å². The number of aromatic nitrogens is 4. The molecule has 0 saturated heterocycles. The molecule has 7 heteroatoms. The van der Waals surface area contributed by atoms with Gasteiger partial charge in [-0.2, -0.15) is 0 Å². The summed E-state index contributed by atoms with van der Waals surface area (Å²) in [5.74, 6) is 8.35. The van der Waals surface area contributed by atoms with Gasteiger partial charge in [0.15, 0.2) is 0 Å². The molecule has 0 bridgehead atoms. The van der Waals surface area contributed by atoms with Crippen molar-refractivity contribution >= 4 is 50.6 Å². The Balaban J connectivity index is 0.000000208. The first-order chi connectivity index (χ1) is 29.0. The van der Waals surface area contributed by atoms with Crippen molar-refractivity contribution in [2.75, 3.05) is 0 Å². The fraction of sp³-hybridized carbons (Fsp3) is 0.212. The first kappa shape index (κ1) is 38.1. The van der Waals surface area contributed by atoms with Gasteiger partial charge in [0.2, 0.25) is 0 Å². The Morgan fingerprint density at radius 2 is 1.53 bits per heavy atom. The van der Waals surface area contributed by atoms with Crippen molar-refractivity contribution in [3.63, 3.8) is 0 Å². The van der Waals surface area contributed by atoms with E-state index < -0.39 is 20.1 Å². The normalized spacial score (nSPS) is 12.8. The fourth-order valence-corrected chi connectivity index (χ4v) is 11.1. The van der Waals surface area contributed by atoms with Crippen LogP contribution in [-0.4, -0.2) is 32.8 Å². The van der Waals surface area contributed by atoms with Gasteiger partial charge in [0.05, 0.1) is 28.1 Å². The number of pyridine rings is 2. The van der Waals surface area contributed by atoms with Crippen LogP contribution in [0.3, 0.4) is 0 Å². The molecule has 4 aromatic heterocycles. The first-order valence-electron chi connectivity index (χ1n) is 21.4. The van der Waals surface area contributed by atoms with E-state index in [9.17, 15) is 0 Å². The van der Waals surface area contributed by atoms with E-state index in [0.717, 1.165) is 67.0 Å². The molecule has 9 aromatic rings. The molecular formula is C52H50GeIrN4O-2. The third-order valence-corrected chi connectivity index (χ3v) is 14.8. The minimum absolute atomic E-state index is 0. The number of fused-ring (bicyclic) bond motifs is 4. The summed E-state index contributed by atoms with van der Waals surface area (Å²) in [6.45, 7) is 8.90.